The minimum atomic E-state index is -0.277. The smallest absolute Gasteiger partial charge is 0.307 e. The molecule has 0 amide bonds. The summed E-state index contributed by atoms with van der Waals surface area (Å²) in [6, 6.07) is 7.26. The van der Waals surface area contributed by atoms with E-state index in [1.54, 1.807) is 31.6 Å². The minimum Gasteiger partial charge on any atom is -0.466 e. The van der Waals surface area contributed by atoms with Gasteiger partial charge in [-0.3, -0.25) is 9.78 Å². The first-order chi connectivity index (χ1) is 12.3. The van der Waals surface area contributed by atoms with Crippen LogP contribution in [-0.2, 0) is 9.53 Å². The normalized spacial score (nSPS) is 10.4. The van der Waals surface area contributed by atoms with Gasteiger partial charge < -0.3 is 10.1 Å². The second kappa shape index (κ2) is 7.95. The number of ether oxygens (including phenoxy) is 1. The minimum absolute atomic E-state index is 0.218. The Balaban J connectivity index is 1.84. The van der Waals surface area contributed by atoms with E-state index in [4.69, 9.17) is 4.74 Å². The van der Waals surface area contributed by atoms with Crippen LogP contribution in [0.3, 0.4) is 0 Å². The highest BCUT2D eigenvalue weighted by molar-refractivity contribution is 5.69. The average Bonchev–Trinajstić information content (AvgIpc) is 3.17. The molecule has 0 spiro atoms. The molecule has 0 unspecified atom stereocenters. The molecule has 25 heavy (non-hydrogen) atoms. The molecule has 128 valence electrons. The molecule has 0 bridgehead atoms. The number of anilines is 1. The van der Waals surface area contributed by atoms with Gasteiger partial charge in [0.05, 0.1) is 13.0 Å². The molecule has 3 aromatic rings. The number of rotatable bonds is 7. The maximum atomic E-state index is 11.4. The second-order valence-electron chi connectivity index (χ2n) is 4.93. The van der Waals surface area contributed by atoms with Crippen molar-refractivity contribution in [3.63, 3.8) is 0 Å². The first kappa shape index (κ1) is 16.5. The average molecular weight is 339 g/mol. The molecule has 0 aliphatic rings. The van der Waals surface area contributed by atoms with Crippen LogP contribution in [0.25, 0.3) is 17.5 Å². The molecule has 0 aliphatic carbocycles. The lowest BCUT2D eigenvalue weighted by molar-refractivity contribution is -0.142. The summed E-state index contributed by atoms with van der Waals surface area (Å²) in [6.45, 7) is 2.48. The summed E-state index contributed by atoms with van der Waals surface area (Å²) in [5.41, 5.74) is 0.617. The first-order valence-electron chi connectivity index (χ1n) is 7.83. The van der Waals surface area contributed by atoms with Crippen molar-refractivity contribution >= 4 is 11.9 Å². The number of carbonyl (C=O) groups is 1. The predicted octanol–water partition coefficient (Wildman–Crippen LogP) is 1.48. The number of hydrogen-bond donors (Lipinski definition) is 1. The van der Waals surface area contributed by atoms with Gasteiger partial charge in [0, 0.05) is 25.1 Å². The molecule has 3 heterocycles. The lowest BCUT2D eigenvalue weighted by atomic mass is 10.3. The number of aromatic nitrogens is 6. The van der Waals surface area contributed by atoms with Crippen LogP contribution < -0.4 is 5.32 Å². The highest BCUT2D eigenvalue weighted by atomic mass is 16.5. The third-order valence-corrected chi connectivity index (χ3v) is 3.14. The van der Waals surface area contributed by atoms with Gasteiger partial charge in [-0.1, -0.05) is 6.07 Å². The summed E-state index contributed by atoms with van der Waals surface area (Å²) in [5, 5.41) is 7.15. The summed E-state index contributed by atoms with van der Waals surface area (Å²) in [6.07, 6.45) is 5.26. The third-order valence-electron chi connectivity index (χ3n) is 3.14. The molecule has 1 N–H and O–H groups in total. The number of carbonyl (C=O) groups excluding carboxylic acids is 1. The summed E-state index contributed by atoms with van der Waals surface area (Å²) in [5.74, 6) is 0.839. The molecule has 0 atom stereocenters. The highest BCUT2D eigenvalue weighted by Gasteiger charge is 2.11. The van der Waals surface area contributed by atoms with Gasteiger partial charge in [-0.2, -0.15) is 20.1 Å². The zero-order valence-electron chi connectivity index (χ0n) is 13.7. The largest absolute Gasteiger partial charge is 0.466 e. The van der Waals surface area contributed by atoms with Crippen molar-refractivity contribution in [2.24, 2.45) is 0 Å². The van der Waals surface area contributed by atoms with E-state index < -0.39 is 0 Å². The number of hydrogen-bond acceptors (Lipinski definition) is 8. The fraction of sp³-hybridized carbons (Fsp3) is 0.250. The summed E-state index contributed by atoms with van der Waals surface area (Å²) in [7, 11) is 0. The molecule has 0 saturated heterocycles. The summed E-state index contributed by atoms with van der Waals surface area (Å²) in [4.78, 5) is 28.8. The first-order valence-corrected chi connectivity index (χ1v) is 7.83. The number of esters is 1. The third kappa shape index (κ3) is 4.34. The van der Waals surface area contributed by atoms with Crippen molar-refractivity contribution < 1.29 is 9.53 Å². The van der Waals surface area contributed by atoms with Crippen LogP contribution in [-0.4, -0.2) is 48.8 Å². The van der Waals surface area contributed by atoms with E-state index >= 15 is 0 Å². The van der Waals surface area contributed by atoms with Gasteiger partial charge in [-0.25, -0.2) is 4.68 Å². The number of nitrogens with zero attached hydrogens (tertiary/aromatic N) is 6. The van der Waals surface area contributed by atoms with Crippen molar-refractivity contribution in [1.29, 1.82) is 0 Å². The number of nitrogens with one attached hydrogen (secondary N) is 1. The van der Waals surface area contributed by atoms with E-state index in [0.717, 1.165) is 0 Å². The van der Waals surface area contributed by atoms with Crippen molar-refractivity contribution in [3.05, 3.63) is 42.9 Å². The monoisotopic (exact) mass is 339 g/mol. The fourth-order valence-corrected chi connectivity index (χ4v) is 2.05. The van der Waals surface area contributed by atoms with Crippen LogP contribution in [0.1, 0.15) is 13.3 Å². The molecule has 0 saturated carbocycles. The predicted molar refractivity (Wildman–Crippen MR) is 89.9 cm³/mol. The SMILES string of the molecule is CCOC(=O)CCNc1nc(-c2ccccn2)nc(-n2cccn2)n1. The van der Waals surface area contributed by atoms with E-state index in [0.29, 0.717) is 36.6 Å². The molecule has 0 radical (unpaired) electrons. The van der Waals surface area contributed by atoms with Crippen LogP contribution >= 0.6 is 0 Å². The molecule has 0 fully saturated rings. The van der Waals surface area contributed by atoms with Crippen LogP contribution in [0, 0.1) is 0 Å². The maximum Gasteiger partial charge on any atom is 0.307 e. The summed E-state index contributed by atoms with van der Waals surface area (Å²) >= 11 is 0. The van der Waals surface area contributed by atoms with E-state index in [-0.39, 0.29) is 12.4 Å². The molecular formula is C16H17N7O2. The van der Waals surface area contributed by atoms with Crippen LogP contribution in [0.15, 0.2) is 42.9 Å². The Labute approximate surface area is 144 Å². The fourth-order valence-electron chi connectivity index (χ4n) is 2.05. The van der Waals surface area contributed by atoms with E-state index in [1.807, 2.05) is 18.2 Å². The highest BCUT2D eigenvalue weighted by Crippen LogP contribution is 2.14. The van der Waals surface area contributed by atoms with Crippen molar-refractivity contribution in [2.45, 2.75) is 13.3 Å². The molecule has 9 heteroatoms. The Morgan fingerprint density at radius 1 is 1.20 bits per heavy atom. The van der Waals surface area contributed by atoms with Gasteiger partial charge >= 0.3 is 5.97 Å². The van der Waals surface area contributed by atoms with Gasteiger partial charge in [0.2, 0.25) is 5.95 Å². The second-order valence-corrected chi connectivity index (χ2v) is 4.93. The van der Waals surface area contributed by atoms with E-state index in [9.17, 15) is 4.79 Å². The Morgan fingerprint density at radius 2 is 2.12 bits per heavy atom. The number of pyridine rings is 1. The van der Waals surface area contributed by atoms with Gasteiger partial charge in [-0.05, 0) is 25.1 Å². The standard InChI is InChI=1S/C16H17N7O2/c1-2-25-13(24)7-10-18-15-20-14(12-6-3-4-8-17-12)21-16(22-15)23-11-5-9-19-23/h3-6,8-9,11H,2,7,10H2,1H3,(H,18,20,21,22). The molecule has 3 aromatic heterocycles. The molecule has 0 aromatic carbocycles. The van der Waals surface area contributed by atoms with Crippen LogP contribution in [0.5, 0.6) is 0 Å². The van der Waals surface area contributed by atoms with Crippen LogP contribution in [0.2, 0.25) is 0 Å². The van der Waals surface area contributed by atoms with Gasteiger partial charge in [0.1, 0.15) is 5.69 Å². The zero-order valence-corrected chi connectivity index (χ0v) is 13.7. The maximum absolute atomic E-state index is 11.4. The van der Waals surface area contributed by atoms with Crippen molar-refractivity contribution in [3.8, 4) is 17.5 Å². The van der Waals surface area contributed by atoms with Gasteiger partial charge in [-0.15, -0.1) is 0 Å². The van der Waals surface area contributed by atoms with Crippen molar-refractivity contribution in [1.82, 2.24) is 29.7 Å². The Bertz CT molecular complexity index is 822. The lowest BCUT2D eigenvalue weighted by Crippen LogP contribution is -2.15. The Morgan fingerprint density at radius 3 is 2.84 bits per heavy atom. The van der Waals surface area contributed by atoms with Gasteiger partial charge in [0.15, 0.2) is 5.82 Å². The molecular weight excluding hydrogens is 322 g/mol. The lowest BCUT2D eigenvalue weighted by Gasteiger charge is -2.08. The zero-order chi connectivity index (χ0) is 17.5. The Kier molecular flexibility index (Phi) is 5.25. The summed E-state index contributed by atoms with van der Waals surface area (Å²) < 4.78 is 6.43. The van der Waals surface area contributed by atoms with Gasteiger partial charge in [0.25, 0.3) is 5.95 Å². The molecule has 0 aliphatic heterocycles. The molecule has 9 nitrogen and oxygen atoms in total. The van der Waals surface area contributed by atoms with Crippen molar-refractivity contribution in [2.75, 3.05) is 18.5 Å². The molecule has 3 rings (SSSR count). The van der Waals surface area contributed by atoms with E-state index in [2.05, 4.69) is 30.4 Å². The topological polar surface area (TPSA) is 108 Å². The van der Waals surface area contributed by atoms with Crippen LogP contribution in [0.4, 0.5) is 5.95 Å². The van der Waals surface area contributed by atoms with E-state index in [1.165, 1.54) is 4.68 Å². The quantitative estimate of drug-likeness (QED) is 0.645. The Hall–Kier alpha value is -3.36.